The molecule has 1 unspecified atom stereocenters. The Morgan fingerprint density at radius 1 is 1.30 bits per heavy atom. The number of nitrogens with one attached hydrogen (secondary N) is 2. The molecule has 1 aliphatic rings. The van der Waals surface area contributed by atoms with Crippen molar-refractivity contribution in [3.63, 3.8) is 0 Å². The van der Waals surface area contributed by atoms with Crippen molar-refractivity contribution in [2.45, 2.75) is 46.7 Å². The van der Waals surface area contributed by atoms with E-state index in [0.29, 0.717) is 6.54 Å². The fourth-order valence-corrected chi connectivity index (χ4v) is 3.23. The van der Waals surface area contributed by atoms with E-state index >= 15 is 0 Å². The van der Waals surface area contributed by atoms with Crippen molar-refractivity contribution in [3.8, 4) is 11.5 Å². The second kappa shape index (κ2) is 8.33. The van der Waals surface area contributed by atoms with Crippen LogP contribution in [0.25, 0.3) is 0 Å². The predicted octanol–water partition coefficient (Wildman–Crippen LogP) is 2.45. The van der Waals surface area contributed by atoms with Crippen molar-refractivity contribution in [1.29, 1.82) is 0 Å². The Morgan fingerprint density at radius 3 is 2.78 bits per heavy atom. The largest absolute Gasteiger partial charge is 0.454 e. The van der Waals surface area contributed by atoms with Crippen LogP contribution in [0.5, 0.6) is 11.5 Å². The van der Waals surface area contributed by atoms with Gasteiger partial charge in [0.05, 0.1) is 12.2 Å². The van der Waals surface area contributed by atoms with E-state index < -0.39 is 0 Å². The SMILES string of the molecule is CCNC(=NCc1ccc2c(c1)OCO2)NC(C)Cc1c(C)nn(C)c1C. The first-order chi connectivity index (χ1) is 13.0. The number of rotatable bonds is 6. The van der Waals surface area contributed by atoms with Crippen LogP contribution in [0.2, 0.25) is 0 Å². The number of aryl methyl sites for hydroxylation is 2. The number of ether oxygens (including phenoxy) is 2. The summed E-state index contributed by atoms with van der Waals surface area (Å²) in [4.78, 5) is 4.72. The standard InChI is InChI=1S/C20H29N5O2/c1-6-21-20(22-11-16-7-8-18-19(10-16)27-12-26-18)23-13(2)9-17-14(3)24-25(5)15(17)4/h7-8,10,13H,6,9,11-12H2,1-5H3,(H2,21,22,23). The second-order valence-electron chi connectivity index (χ2n) is 6.91. The molecule has 0 saturated heterocycles. The zero-order valence-corrected chi connectivity index (χ0v) is 16.8. The highest BCUT2D eigenvalue weighted by Gasteiger charge is 2.15. The summed E-state index contributed by atoms with van der Waals surface area (Å²) in [6.45, 7) is 10.1. The van der Waals surface area contributed by atoms with Crippen LogP contribution < -0.4 is 20.1 Å². The molecule has 0 bridgehead atoms. The molecule has 0 fully saturated rings. The van der Waals surface area contributed by atoms with E-state index in [9.17, 15) is 0 Å². The zero-order valence-electron chi connectivity index (χ0n) is 16.8. The minimum absolute atomic E-state index is 0.237. The van der Waals surface area contributed by atoms with E-state index in [2.05, 4.69) is 43.4 Å². The fraction of sp³-hybridized carbons (Fsp3) is 0.500. The van der Waals surface area contributed by atoms with E-state index in [-0.39, 0.29) is 12.8 Å². The molecule has 1 aliphatic heterocycles. The highest BCUT2D eigenvalue weighted by Crippen LogP contribution is 2.32. The summed E-state index contributed by atoms with van der Waals surface area (Å²) in [5.74, 6) is 2.39. The van der Waals surface area contributed by atoms with Crippen LogP contribution in [0.3, 0.4) is 0 Å². The van der Waals surface area contributed by atoms with Gasteiger partial charge in [-0.3, -0.25) is 4.68 Å². The number of benzene rings is 1. The maximum absolute atomic E-state index is 5.44. The molecule has 1 aromatic carbocycles. The number of guanidine groups is 1. The molecule has 0 amide bonds. The fourth-order valence-electron chi connectivity index (χ4n) is 3.23. The molecule has 2 heterocycles. The van der Waals surface area contributed by atoms with Gasteiger partial charge in [-0.25, -0.2) is 4.99 Å². The van der Waals surface area contributed by atoms with E-state index in [4.69, 9.17) is 14.5 Å². The summed E-state index contributed by atoms with van der Waals surface area (Å²) < 4.78 is 12.7. The summed E-state index contributed by atoms with van der Waals surface area (Å²) in [5.41, 5.74) is 4.68. The molecule has 27 heavy (non-hydrogen) atoms. The summed E-state index contributed by atoms with van der Waals surface area (Å²) in [6.07, 6.45) is 0.903. The topological polar surface area (TPSA) is 72.7 Å². The van der Waals surface area contributed by atoms with Crippen molar-refractivity contribution in [3.05, 3.63) is 40.7 Å². The highest BCUT2D eigenvalue weighted by molar-refractivity contribution is 5.80. The molecule has 1 atom stereocenters. The van der Waals surface area contributed by atoms with Crippen molar-refractivity contribution in [1.82, 2.24) is 20.4 Å². The summed E-state index contributed by atoms with van der Waals surface area (Å²) >= 11 is 0. The molecule has 3 rings (SSSR count). The first-order valence-corrected chi connectivity index (χ1v) is 9.40. The number of aliphatic imine (C=N–C) groups is 1. The molecular formula is C20H29N5O2. The van der Waals surface area contributed by atoms with Crippen LogP contribution in [0.4, 0.5) is 0 Å². The zero-order chi connectivity index (χ0) is 19.4. The van der Waals surface area contributed by atoms with Gasteiger partial charge in [-0.15, -0.1) is 0 Å². The molecular weight excluding hydrogens is 342 g/mol. The number of hydrogen-bond acceptors (Lipinski definition) is 4. The number of fused-ring (bicyclic) bond motifs is 1. The monoisotopic (exact) mass is 371 g/mol. The lowest BCUT2D eigenvalue weighted by atomic mass is 10.1. The van der Waals surface area contributed by atoms with E-state index in [1.54, 1.807) is 0 Å². The van der Waals surface area contributed by atoms with E-state index in [1.807, 2.05) is 29.9 Å². The third-order valence-electron chi connectivity index (χ3n) is 4.75. The molecule has 0 spiro atoms. The number of aromatic nitrogens is 2. The summed E-state index contributed by atoms with van der Waals surface area (Å²) in [5, 5.41) is 11.3. The van der Waals surface area contributed by atoms with Crippen LogP contribution in [0.1, 0.15) is 36.4 Å². The lowest BCUT2D eigenvalue weighted by Crippen LogP contribution is -2.43. The third kappa shape index (κ3) is 4.53. The highest BCUT2D eigenvalue weighted by atomic mass is 16.7. The molecule has 1 aromatic heterocycles. The van der Waals surface area contributed by atoms with Crippen LogP contribution in [-0.4, -0.2) is 35.1 Å². The van der Waals surface area contributed by atoms with Crippen LogP contribution in [-0.2, 0) is 20.0 Å². The Hall–Kier alpha value is -2.70. The van der Waals surface area contributed by atoms with Gasteiger partial charge in [-0.2, -0.15) is 5.10 Å². The lowest BCUT2D eigenvalue weighted by molar-refractivity contribution is 0.174. The molecule has 0 radical (unpaired) electrons. The number of nitrogens with zero attached hydrogens (tertiary/aromatic N) is 3. The average molecular weight is 371 g/mol. The van der Waals surface area contributed by atoms with Gasteiger partial charge < -0.3 is 20.1 Å². The molecule has 0 aliphatic carbocycles. The maximum atomic E-state index is 5.44. The van der Waals surface area contributed by atoms with Crippen LogP contribution >= 0.6 is 0 Å². The summed E-state index contributed by atoms with van der Waals surface area (Å²) in [7, 11) is 1.99. The number of hydrogen-bond donors (Lipinski definition) is 2. The van der Waals surface area contributed by atoms with Crippen molar-refractivity contribution < 1.29 is 9.47 Å². The van der Waals surface area contributed by atoms with E-state index in [0.717, 1.165) is 41.7 Å². The smallest absolute Gasteiger partial charge is 0.231 e. The average Bonchev–Trinajstić information content (AvgIpc) is 3.19. The Labute approximate surface area is 160 Å². The minimum Gasteiger partial charge on any atom is -0.454 e. The molecule has 146 valence electrons. The Balaban J connectivity index is 1.64. The molecule has 0 saturated carbocycles. The van der Waals surface area contributed by atoms with Gasteiger partial charge in [0.2, 0.25) is 6.79 Å². The van der Waals surface area contributed by atoms with Crippen molar-refractivity contribution >= 4 is 5.96 Å². The normalized spacial score (nSPS) is 14.3. The molecule has 7 nitrogen and oxygen atoms in total. The first kappa shape index (κ1) is 19.1. The van der Waals surface area contributed by atoms with Crippen LogP contribution in [0.15, 0.2) is 23.2 Å². The Morgan fingerprint density at radius 2 is 2.07 bits per heavy atom. The van der Waals surface area contributed by atoms with E-state index in [1.165, 1.54) is 11.3 Å². The lowest BCUT2D eigenvalue weighted by Gasteiger charge is -2.18. The van der Waals surface area contributed by atoms with Gasteiger partial charge in [-0.1, -0.05) is 6.07 Å². The summed E-state index contributed by atoms with van der Waals surface area (Å²) in [6, 6.07) is 6.18. The van der Waals surface area contributed by atoms with Gasteiger partial charge >= 0.3 is 0 Å². The molecule has 2 N–H and O–H groups in total. The van der Waals surface area contributed by atoms with Gasteiger partial charge in [0.1, 0.15) is 0 Å². The second-order valence-corrected chi connectivity index (χ2v) is 6.91. The molecule has 7 heteroatoms. The Bertz CT molecular complexity index is 828. The first-order valence-electron chi connectivity index (χ1n) is 9.40. The van der Waals surface area contributed by atoms with Gasteiger partial charge in [0.15, 0.2) is 17.5 Å². The van der Waals surface area contributed by atoms with Gasteiger partial charge in [0, 0.05) is 25.3 Å². The van der Waals surface area contributed by atoms with Gasteiger partial charge in [0.25, 0.3) is 0 Å². The van der Waals surface area contributed by atoms with Crippen LogP contribution in [0, 0.1) is 13.8 Å². The van der Waals surface area contributed by atoms with Crippen molar-refractivity contribution in [2.75, 3.05) is 13.3 Å². The van der Waals surface area contributed by atoms with Gasteiger partial charge in [-0.05, 0) is 57.4 Å². The quantitative estimate of drug-likeness (QED) is 0.603. The maximum Gasteiger partial charge on any atom is 0.231 e. The predicted molar refractivity (Wildman–Crippen MR) is 106 cm³/mol. The molecule has 2 aromatic rings. The Kier molecular flexibility index (Phi) is 5.88. The third-order valence-corrected chi connectivity index (χ3v) is 4.75. The minimum atomic E-state index is 0.237. The van der Waals surface area contributed by atoms with Crippen molar-refractivity contribution in [2.24, 2.45) is 12.0 Å².